The van der Waals surface area contributed by atoms with Crippen LogP contribution in [0.2, 0.25) is 0 Å². The summed E-state index contributed by atoms with van der Waals surface area (Å²) in [5, 5.41) is 0. The first kappa shape index (κ1) is 3880. The van der Waals surface area contributed by atoms with Crippen molar-refractivity contribution in [3.8, 4) is 0 Å². The van der Waals surface area contributed by atoms with Gasteiger partial charge < -0.3 is 0 Å². The molecule has 48 valence electrons. The Balaban J connectivity index is 0. The number of rotatable bonds is 0. The Kier molecular flexibility index (Phi) is 1370000. The van der Waals surface area contributed by atoms with Crippen molar-refractivity contribution in [2.24, 2.45) is 0 Å². The van der Waals surface area contributed by atoms with E-state index < -0.39 is 0 Å². The van der Waals surface area contributed by atoms with Crippen molar-refractivity contribution >= 4 is 18.0 Å². The van der Waals surface area contributed by atoms with Gasteiger partial charge in [0.2, 0.25) is 0 Å². The molecular formula is H13AsF5+5. The Morgan fingerprint density at radius 3 is 0.333 bits per heavy atom. The van der Waals surface area contributed by atoms with Gasteiger partial charge in [0, 0.05) is 0 Å². The van der Waals surface area contributed by atoms with Crippen LogP contribution in [-0.4, -0.2) is 18.0 Å². The average molecular weight is 183 g/mol. The van der Waals surface area contributed by atoms with Crippen LogP contribution in [0.25, 0.3) is 0 Å². The van der Waals surface area contributed by atoms with Crippen LogP contribution < -0.4 is 0 Å². The molecular weight excluding hydrogens is 170 g/mol. The molecule has 0 aromatic heterocycles. The van der Waals surface area contributed by atoms with Gasteiger partial charge in [0.1, 0.15) is 0 Å². The normalized spacial score (nSPS) is 0. The molecule has 0 saturated heterocycles. The second-order valence-electron chi connectivity index (χ2n) is 0. The summed E-state index contributed by atoms with van der Waals surface area (Å²) >= 11 is 0. The van der Waals surface area contributed by atoms with Crippen LogP contribution in [0.4, 0.5) is 23.5 Å². The minimum absolute atomic E-state index is 0. The molecule has 0 spiro atoms. The first-order chi connectivity index (χ1) is 0. The van der Waals surface area contributed by atoms with Crippen molar-refractivity contribution in [1.82, 2.24) is 0 Å². The quantitative estimate of drug-likeness (QED) is 0.308. The molecule has 0 aromatic rings. The van der Waals surface area contributed by atoms with E-state index >= 15 is 0 Å². The summed E-state index contributed by atoms with van der Waals surface area (Å²) in [4.78, 5) is 0. The maximum atomic E-state index is 0. The summed E-state index contributed by atoms with van der Waals surface area (Å²) in [6.07, 6.45) is 0. The molecule has 0 aliphatic rings. The number of hydrogen-bond donors (Lipinski definition) is 0. The standard InChI is InChI=1S/AsH8.5FH/h1H8;5*1H/q+5;;;;;. The third kappa shape index (κ3) is 997. The molecule has 0 atom stereocenters. The van der Waals surface area contributed by atoms with Gasteiger partial charge in [-0.1, -0.05) is 0 Å². The fourth-order valence-corrected chi connectivity index (χ4v) is 0. The molecule has 6 heavy (non-hydrogen) atoms. The minimum atomic E-state index is 0. The van der Waals surface area contributed by atoms with Gasteiger partial charge in [-0.05, 0) is 0 Å². The van der Waals surface area contributed by atoms with Crippen molar-refractivity contribution in [2.45, 2.75) is 0 Å². The molecule has 0 bridgehead atoms. The van der Waals surface area contributed by atoms with Crippen LogP contribution in [0.15, 0.2) is 0 Å². The molecule has 0 amide bonds. The van der Waals surface area contributed by atoms with Gasteiger partial charge in [-0.2, -0.15) is 0 Å². The van der Waals surface area contributed by atoms with Crippen LogP contribution in [0.3, 0.4) is 0 Å². The fraction of sp³-hybridized carbons (Fsp3) is 0. The van der Waals surface area contributed by atoms with Crippen molar-refractivity contribution in [3.05, 3.63) is 0 Å². The Morgan fingerprint density at radius 2 is 0.333 bits per heavy atom. The molecule has 0 aromatic carbocycles. The summed E-state index contributed by atoms with van der Waals surface area (Å²) < 4.78 is 0. The van der Waals surface area contributed by atoms with Gasteiger partial charge in [-0.3, -0.25) is 23.5 Å². The van der Waals surface area contributed by atoms with E-state index in [4.69, 9.17) is 0 Å². The summed E-state index contributed by atoms with van der Waals surface area (Å²) in [5.41, 5.74) is 0. The first-order valence-corrected chi connectivity index (χ1v) is 0. The monoisotopic (exact) mass is 183 g/mol. The zero-order chi connectivity index (χ0) is 0. The molecule has 6 heteroatoms. The predicted octanol–water partition coefficient (Wildman–Crippen LogP) is -1.76. The summed E-state index contributed by atoms with van der Waals surface area (Å²) in [7, 11) is 0. The van der Waals surface area contributed by atoms with Gasteiger partial charge in [-0.25, -0.2) is 0 Å². The molecule has 0 rings (SSSR count). The van der Waals surface area contributed by atoms with E-state index in [-0.39, 0.29) is 41.5 Å². The third-order valence-corrected chi connectivity index (χ3v) is 0. The van der Waals surface area contributed by atoms with Crippen LogP contribution in [0.5, 0.6) is 0 Å². The molecule has 0 saturated carbocycles. The van der Waals surface area contributed by atoms with Crippen molar-refractivity contribution < 1.29 is 23.5 Å². The van der Waals surface area contributed by atoms with Gasteiger partial charge in [0.25, 0.3) is 0 Å². The van der Waals surface area contributed by atoms with Crippen molar-refractivity contribution in [3.63, 3.8) is 0 Å². The third-order valence-electron chi connectivity index (χ3n) is 0. The van der Waals surface area contributed by atoms with Gasteiger partial charge >= 0.3 is 18.0 Å². The van der Waals surface area contributed by atoms with Crippen LogP contribution >= 0.6 is 0 Å². The van der Waals surface area contributed by atoms with E-state index in [9.17, 15) is 0 Å². The van der Waals surface area contributed by atoms with E-state index in [0.29, 0.717) is 0 Å². The van der Waals surface area contributed by atoms with Crippen molar-refractivity contribution in [2.75, 3.05) is 0 Å². The van der Waals surface area contributed by atoms with E-state index in [1.165, 1.54) is 0 Å². The van der Waals surface area contributed by atoms with E-state index in [0.717, 1.165) is 0 Å². The molecule has 0 N–H and O–H groups in total. The molecule has 0 radical (unpaired) electrons. The second kappa shape index (κ2) is 2120. The zero-order valence-corrected chi connectivity index (χ0v) is 2.04. The van der Waals surface area contributed by atoms with Crippen LogP contribution in [0.1, 0.15) is 0 Å². The van der Waals surface area contributed by atoms with E-state index in [1.807, 2.05) is 0 Å². The Labute approximate surface area is 42.4 Å². The average Bonchev–Trinajstić information content (AvgIpc) is 0. The number of halogens is 5. The van der Waals surface area contributed by atoms with Crippen molar-refractivity contribution in [1.29, 1.82) is 0 Å². The first-order valence-electron chi connectivity index (χ1n) is 0. The Bertz CT molecular complexity index is 3.90. The topological polar surface area (TPSA) is 0 Å². The van der Waals surface area contributed by atoms with Crippen LogP contribution in [0, 0.1) is 0 Å². The van der Waals surface area contributed by atoms with Gasteiger partial charge in [0.05, 0.1) is 0 Å². The molecule has 0 aliphatic heterocycles. The summed E-state index contributed by atoms with van der Waals surface area (Å²) in [6.45, 7) is 0. The molecule has 0 aliphatic carbocycles. The molecule has 0 nitrogen and oxygen atoms in total. The Hall–Kier alpha value is 0.208. The maximum absolute atomic E-state index is 0. The van der Waals surface area contributed by atoms with Crippen LogP contribution in [-0.2, 0) is 0 Å². The van der Waals surface area contributed by atoms with Gasteiger partial charge in [-0.15, -0.1) is 0 Å². The molecule has 0 unspecified atom stereocenters. The summed E-state index contributed by atoms with van der Waals surface area (Å²) in [6, 6.07) is 0. The number of hydrogen-bond acceptors (Lipinski definition) is 0. The SMILES string of the molecule is F.F.F.F.F.[AsH8+5]. The predicted molar refractivity (Wildman–Crippen MR) is 29.4 cm³/mol. The fourth-order valence-electron chi connectivity index (χ4n) is 0. The van der Waals surface area contributed by atoms with Gasteiger partial charge in [0.15, 0.2) is 0 Å². The van der Waals surface area contributed by atoms with E-state index in [1.54, 1.807) is 0 Å². The molecule has 0 fully saturated rings. The summed E-state index contributed by atoms with van der Waals surface area (Å²) in [5.74, 6) is 0. The zero-order valence-electron chi connectivity index (χ0n) is 2.04. The second-order valence-corrected chi connectivity index (χ2v) is 0. The Morgan fingerprint density at radius 1 is 0.333 bits per heavy atom. The van der Waals surface area contributed by atoms with E-state index in [2.05, 4.69) is 0 Å². The molecule has 0 heterocycles.